The molecule has 0 heterocycles. The molecule has 0 saturated heterocycles. The Balaban J connectivity index is 1.89. The molecule has 0 bridgehead atoms. The lowest BCUT2D eigenvalue weighted by Gasteiger charge is -2.11. The molecule has 0 unspecified atom stereocenters. The fraction of sp³-hybridized carbons (Fsp3) is 0.0588. The van der Waals surface area contributed by atoms with Crippen molar-refractivity contribution in [2.75, 3.05) is 5.32 Å². The van der Waals surface area contributed by atoms with Gasteiger partial charge in [0.1, 0.15) is 5.75 Å². The average molecular weight is 284 g/mol. The number of rotatable bonds is 3. The maximum Gasteiger partial charge on any atom is 0.139 e. The molecule has 0 fully saturated rings. The molecule has 0 aliphatic rings. The van der Waals surface area contributed by atoms with Crippen LogP contribution in [0, 0.1) is 0 Å². The molecule has 0 aliphatic heterocycles. The van der Waals surface area contributed by atoms with Crippen LogP contribution in [0.4, 0.5) is 5.69 Å². The van der Waals surface area contributed by atoms with Gasteiger partial charge in [0.15, 0.2) is 0 Å². The summed E-state index contributed by atoms with van der Waals surface area (Å²) in [4.78, 5) is 0. The first kappa shape index (κ1) is 12.8. The Kier molecular flexibility index (Phi) is 3.48. The minimum absolute atomic E-state index is 0.141. The number of para-hydroxylation sites is 1. The maximum absolute atomic E-state index is 9.92. The lowest BCUT2D eigenvalue weighted by atomic mass is 10.1. The second-order valence-corrected chi connectivity index (χ2v) is 5.04. The van der Waals surface area contributed by atoms with Crippen LogP contribution >= 0.6 is 11.6 Å². The lowest BCUT2D eigenvalue weighted by molar-refractivity contribution is 0.469. The number of phenols is 1. The van der Waals surface area contributed by atoms with Crippen molar-refractivity contribution in [3.05, 3.63) is 71.2 Å². The molecule has 0 aliphatic carbocycles. The summed E-state index contributed by atoms with van der Waals surface area (Å²) in [5, 5.41) is 16.0. The van der Waals surface area contributed by atoms with E-state index in [0.29, 0.717) is 11.6 Å². The lowest BCUT2D eigenvalue weighted by Crippen LogP contribution is -2.00. The summed E-state index contributed by atoms with van der Waals surface area (Å²) < 4.78 is 0. The minimum atomic E-state index is 0.141. The van der Waals surface area contributed by atoms with Crippen molar-refractivity contribution in [1.29, 1.82) is 0 Å². The van der Waals surface area contributed by atoms with Gasteiger partial charge in [-0.05, 0) is 17.5 Å². The number of hydrogen-bond donors (Lipinski definition) is 2. The second-order valence-electron chi connectivity index (χ2n) is 4.63. The minimum Gasteiger partial charge on any atom is -0.506 e. The van der Waals surface area contributed by atoms with Crippen molar-refractivity contribution in [3.8, 4) is 5.75 Å². The largest absolute Gasteiger partial charge is 0.506 e. The summed E-state index contributed by atoms with van der Waals surface area (Å²) in [5.41, 5.74) is 1.83. The van der Waals surface area contributed by atoms with E-state index in [9.17, 15) is 5.11 Å². The summed E-state index contributed by atoms with van der Waals surface area (Å²) in [6.07, 6.45) is 0. The first-order valence-corrected chi connectivity index (χ1v) is 6.81. The van der Waals surface area contributed by atoms with Gasteiger partial charge in [-0.2, -0.15) is 0 Å². The summed E-state index contributed by atoms with van der Waals surface area (Å²) >= 11 is 5.91. The van der Waals surface area contributed by atoms with Crippen LogP contribution in [-0.4, -0.2) is 5.11 Å². The van der Waals surface area contributed by atoms with Crippen LogP contribution in [-0.2, 0) is 6.54 Å². The summed E-state index contributed by atoms with van der Waals surface area (Å²) in [6, 6.07) is 19.7. The predicted molar refractivity (Wildman–Crippen MR) is 84.4 cm³/mol. The molecular formula is C17H14ClNO. The van der Waals surface area contributed by atoms with E-state index in [0.717, 1.165) is 16.6 Å². The number of nitrogens with one attached hydrogen (secondary N) is 1. The molecule has 2 N–H and O–H groups in total. The van der Waals surface area contributed by atoms with Gasteiger partial charge in [-0.25, -0.2) is 0 Å². The van der Waals surface area contributed by atoms with Gasteiger partial charge in [-0.3, -0.25) is 0 Å². The number of anilines is 1. The van der Waals surface area contributed by atoms with Crippen molar-refractivity contribution in [2.24, 2.45) is 0 Å². The van der Waals surface area contributed by atoms with Crippen LogP contribution < -0.4 is 5.32 Å². The number of benzene rings is 3. The molecule has 0 amide bonds. The van der Waals surface area contributed by atoms with Crippen molar-refractivity contribution >= 4 is 28.1 Å². The molecule has 0 atom stereocenters. The molecule has 0 saturated carbocycles. The third-order valence-electron chi connectivity index (χ3n) is 3.33. The zero-order valence-corrected chi connectivity index (χ0v) is 11.6. The van der Waals surface area contributed by atoms with Gasteiger partial charge in [0.2, 0.25) is 0 Å². The molecule has 2 nitrogen and oxygen atoms in total. The molecule has 0 radical (unpaired) electrons. The third kappa shape index (κ3) is 2.43. The number of hydrogen-bond acceptors (Lipinski definition) is 2. The van der Waals surface area contributed by atoms with E-state index in [2.05, 4.69) is 23.5 Å². The average Bonchev–Trinajstić information content (AvgIpc) is 2.49. The second kappa shape index (κ2) is 5.43. The van der Waals surface area contributed by atoms with Gasteiger partial charge < -0.3 is 10.4 Å². The topological polar surface area (TPSA) is 32.3 Å². The van der Waals surface area contributed by atoms with Gasteiger partial charge >= 0.3 is 0 Å². The van der Waals surface area contributed by atoms with Gasteiger partial charge in [-0.15, -0.1) is 0 Å². The SMILES string of the molecule is Oc1c(Cl)cccc1CNc1cccc2ccccc12. The van der Waals surface area contributed by atoms with E-state index >= 15 is 0 Å². The zero-order chi connectivity index (χ0) is 13.9. The normalized spacial score (nSPS) is 10.7. The van der Waals surface area contributed by atoms with Gasteiger partial charge in [0, 0.05) is 23.2 Å². The van der Waals surface area contributed by atoms with E-state index < -0.39 is 0 Å². The molecule has 0 aromatic heterocycles. The fourth-order valence-electron chi connectivity index (χ4n) is 2.27. The van der Waals surface area contributed by atoms with Crippen molar-refractivity contribution in [2.45, 2.75) is 6.54 Å². The molecule has 3 rings (SSSR count). The van der Waals surface area contributed by atoms with Gasteiger partial charge in [-0.1, -0.05) is 60.1 Å². The molecule has 3 aromatic rings. The van der Waals surface area contributed by atoms with Crippen LogP contribution in [0.1, 0.15) is 5.56 Å². The highest BCUT2D eigenvalue weighted by Crippen LogP contribution is 2.29. The van der Waals surface area contributed by atoms with E-state index in [1.807, 2.05) is 36.4 Å². The predicted octanol–water partition coefficient (Wildman–Crippen LogP) is 4.81. The number of phenolic OH excluding ortho intramolecular Hbond substituents is 1. The Labute approximate surface area is 122 Å². The molecule has 3 heteroatoms. The van der Waals surface area contributed by atoms with Crippen LogP contribution in [0.2, 0.25) is 5.02 Å². The highest BCUT2D eigenvalue weighted by molar-refractivity contribution is 6.32. The first-order chi connectivity index (χ1) is 9.75. The Bertz CT molecular complexity index is 750. The monoisotopic (exact) mass is 283 g/mol. The number of fused-ring (bicyclic) bond motifs is 1. The zero-order valence-electron chi connectivity index (χ0n) is 10.8. The van der Waals surface area contributed by atoms with Gasteiger partial charge in [0.25, 0.3) is 0 Å². The highest BCUT2D eigenvalue weighted by Gasteiger charge is 2.05. The van der Waals surface area contributed by atoms with E-state index in [1.165, 1.54) is 5.39 Å². The van der Waals surface area contributed by atoms with Crippen molar-refractivity contribution in [1.82, 2.24) is 0 Å². The molecule has 3 aromatic carbocycles. The Morgan fingerprint density at radius 2 is 1.65 bits per heavy atom. The van der Waals surface area contributed by atoms with Crippen LogP contribution in [0.25, 0.3) is 10.8 Å². The molecule has 20 heavy (non-hydrogen) atoms. The molecule has 100 valence electrons. The van der Waals surface area contributed by atoms with Crippen LogP contribution in [0.15, 0.2) is 60.7 Å². The Morgan fingerprint density at radius 1 is 0.900 bits per heavy atom. The highest BCUT2D eigenvalue weighted by atomic mass is 35.5. The van der Waals surface area contributed by atoms with Crippen molar-refractivity contribution < 1.29 is 5.11 Å². The van der Waals surface area contributed by atoms with Gasteiger partial charge in [0.05, 0.1) is 5.02 Å². The number of aromatic hydroxyl groups is 1. The van der Waals surface area contributed by atoms with E-state index in [4.69, 9.17) is 11.6 Å². The van der Waals surface area contributed by atoms with Crippen molar-refractivity contribution in [3.63, 3.8) is 0 Å². The van der Waals surface area contributed by atoms with Crippen LogP contribution in [0.5, 0.6) is 5.75 Å². The van der Waals surface area contributed by atoms with Crippen LogP contribution in [0.3, 0.4) is 0 Å². The summed E-state index contributed by atoms with van der Waals surface area (Å²) in [6.45, 7) is 0.528. The summed E-state index contributed by atoms with van der Waals surface area (Å²) in [7, 11) is 0. The fourth-order valence-corrected chi connectivity index (χ4v) is 2.47. The van der Waals surface area contributed by atoms with E-state index in [1.54, 1.807) is 6.07 Å². The Morgan fingerprint density at radius 3 is 2.55 bits per heavy atom. The standard InChI is InChI=1S/C17H14ClNO/c18-15-9-3-7-13(17(15)20)11-19-16-10-4-6-12-5-1-2-8-14(12)16/h1-10,19-20H,11H2. The molecule has 0 spiro atoms. The first-order valence-electron chi connectivity index (χ1n) is 6.44. The number of halogens is 1. The maximum atomic E-state index is 9.92. The summed E-state index contributed by atoms with van der Waals surface area (Å²) in [5.74, 6) is 0.141. The third-order valence-corrected chi connectivity index (χ3v) is 3.63. The smallest absolute Gasteiger partial charge is 0.139 e. The Hall–Kier alpha value is -2.19. The quantitative estimate of drug-likeness (QED) is 0.723. The molecular weight excluding hydrogens is 270 g/mol. The van der Waals surface area contributed by atoms with E-state index in [-0.39, 0.29) is 5.75 Å².